The van der Waals surface area contributed by atoms with Gasteiger partial charge >= 0.3 is 0 Å². The van der Waals surface area contributed by atoms with E-state index in [-0.39, 0.29) is 67.9 Å². The molecule has 364 valence electrons. The fourth-order valence-corrected chi connectivity index (χ4v) is 10.4. The van der Waals surface area contributed by atoms with Gasteiger partial charge in [0.2, 0.25) is 11.7 Å². The maximum absolute atomic E-state index is 14.8. The number of thioether (sulfide) groups is 1. The van der Waals surface area contributed by atoms with Crippen molar-refractivity contribution in [3.05, 3.63) is 158 Å². The molecule has 3 aliphatic rings. The molecule has 4 aromatic rings. The summed E-state index contributed by atoms with van der Waals surface area (Å²) in [5.41, 5.74) is 3.52. The number of oxime groups is 1. The summed E-state index contributed by atoms with van der Waals surface area (Å²) in [6.45, 7) is 6.52. The van der Waals surface area contributed by atoms with Crippen LogP contribution in [0.3, 0.4) is 0 Å². The Morgan fingerprint density at radius 3 is 2.23 bits per heavy atom. The van der Waals surface area contributed by atoms with Crippen molar-refractivity contribution in [2.45, 2.75) is 87.5 Å². The number of non-ortho nitro benzene ring substituents is 2. The van der Waals surface area contributed by atoms with E-state index in [4.69, 9.17) is 24.2 Å². The molecule has 7 rings (SSSR count). The van der Waals surface area contributed by atoms with E-state index in [1.165, 1.54) is 30.3 Å². The normalized spacial score (nSPS) is 21.9. The molecule has 1 saturated carbocycles. The van der Waals surface area contributed by atoms with Crippen LogP contribution < -0.4 is 9.47 Å². The number of hydrogen-bond acceptors (Lipinski definition) is 13. The molecule has 1 fully saturated rings. The predicted octanol–water partition coefficient (Wildman–Crippen LogP) is 10.8. The molecule has 69 heavy (non-hydrogen) atoms. The molecule has 1 amide bonds. The number of unbranched alkanes of at least 4 members (excludes halogenated alkanes) is 2. The summed E-state index contributed by atoms with van der Waals surface area (Å²) in [5.74, 6) is -0.855. The smallest absolute Gasteiger partial charge is 0.269 e. The third-order valence-electron chi connectivity index (χ3n) is 13.1. The Hall–Kier alpha value is -6.33. The van der Waals surface area contributed by atoms with Crippen LogP contribution in [0.1, 0.15) is 80.9 Å². The molecule has 1 heterocycles. The van der Waals surface area contributed by atoms with Gasteiger partial charge in [0.15, 0.2) is 0 Å². The number of amides is 1. The number of carbonyl (C=O) groups excluding carboxylic acids is 1. The van der Waals surface area contributed by atoms with Gasteiger partial charge < -0.3 is 34.2 Å². The Morgan fingerprint density at radius 2 is 1.59 bits per heavy atom. The van der Waals surface area contributed by atoms with Crippen LogP contribution in [0.25, 0.3) is 6.08 Å². The molecule has 0 bridgehead atoms. The summed E-state index contributed by atoms with van der Waals surface area (Å²) in [4.78, 5) is 45.7. The van der Waals surface area contributed by atoms with Gasteiger partial charge in [0, 0.05) is 72.9 Å². The molecule has 15 nitrogen and oxygen atoms in total. The lowest BCUT2D eigenvalue weighted by Gasteiger charge is -2.60. The van der Waals surface area contributed by atoms with E-state index in [0.717, 1.165) is 41.7 Å². The summed E-state index contributed by atoms with van der Waals surface area (Å²) in [6.07, 6.45) is 14.0. The van der Waals surface area contributed by atoms with Gasteiger partial charge in [-0.05, 0) is 140 Å². The number of allylic oxidation sites excluding steroid dienone is 1. The average molecular weight is 961 g/mol. The zero-order valence-electron chi connectivity index (χ0n) is 39.0. The summed E-state index contributed by atoms with van der Waals surface area (Å²) < 4.78 is 21.0. The maximum atomic E-state index is 14.8. The summed E-state index contributed by atoms with van der Waals surface area (Å²) in [5, 5.41) is 47.7. The van der Waals surface area contributed by atoms with Crippen LogP contribution in [0, 0.1) is 38.0 Å². The van der Waals surface area contributed by atoms with Gasteiger partial charge in [-0.3, -0.25) is 25.0 Å². The molecule has 6 atom stereocenters. The van der Waals surface area contributed by atoms with Crippen LogP contribution in [0.2, 0.25) is 0 Å². The molecule has 16 heteroatoms. The van der Waals surface area contributed by atoms with Crippen LogP contribution in [0.4, 0.5) is 11.4 Å². The summed E-state index contributed by atoms with van der Waals surface area (Å²) >= 11 is 1.64. The second kappa shape index (κ2) is 23.8. The van der Waals surface area contributed by atoms with E-state index in [9.17, 15) is 35.2 Å². The SMILES string of the molecule is C=CCOC12Oc3ccc(Oc4ccc(SC)cc4)cc3C3C(CCCCO)C(CCCCO)C=C(C(=NOCc4ccc([N+](=O)[O-])cc4)CC1N(CCC)C(=O)C=Cc1ccc([N+](=O)[O-])cc1)C32. The third-order valence-corrected chi connectivity index (χ3v) is 13.9. The molecule has 0 spiro atoms. The topological polar surface area (TPSA) is 196 Å². The van der Waals surface area contributed by atoms with Crippen LogP contribution in [-0.2, 0) is 21.0 Å². The fraction of sp³-hybridized carbons (Fsp3) is 0.396. The number of aliphatic hydroxyl groups is 2. The van der Waals surface area contributed by atoms with Crippen LogP contribution >= 0.6 is 11.8 Å². The molecule has 0 radical (unpaired) electrons. The summed E-state index contributed by atoms with van der Waals surface area (Å²) in [6, 6.07) is 25.0. The second-order valence-corrected chi connectivity index (χ2v) is 18.3. The Morgan fingerprint density at radius 1 is 0.928 bits per heavy atom. The van der Waals surface area contributed by atoms with Crippen molar-refractivity contribution < 1.29 is 43.9 Å². The minimum Gasteiger partial charge on any atom is -0.459 e. The standard InChI is InChI=1S/C53H60N4O11S/c1-4-28-55(50(60)27-16-36-12-17-39(18-13-36)56(61)62)49-34-47(54-66-35-37-14-19-40(20-15-37)57(63)64)45-32-38(10-6-8-29-58)44(11-7-9-30-59)51-46-33-42(67-41-21-24-43(69-3)25-22-41)23-26-48(46)68-53(49,52(45)51)65-31-5-2/h5,12-27,32-33,38,44,49,51-52,58-59H,2,4,6-11,28-31,34-35H2,1,3H3. The number of fused-ring (bicyclic) bond motifs is 2. The Bertz CT molecular complexity index is 2510. The highest BCUT2D eigenvalue weighted by Crippen LogP contribution is 2.62. The lowest BCUT2D eigenvalue weighted by atomic mass is 9.55. The molecule has 6 unspecified atom stereocenters. The Balaban J connectivity index is 1.41. The van der Waals surface area contributed by atoms with Gasteiger partial charge in [-0.15, -0.1) is 18.3 Å². The molecule has 4 aromatic carbocycles. The minimum atomic E-state index is -1.50. The molecule has 1 aliphatic heterocycles. The van der Waals surface area contributed by atoms with Gasteiger partial charge in [-0.25, -0.2) is 0 Å². The van der Waals surface area contributed by atoms with Crippen molar-refractivity contribution in [2.24, 2.45) is 22.9 Å². The molecular formula is C53H60N4O11S. The van der Waals surface area contributed by atoms with Crippen molar-refractivity contribution in [1.82, 2.24) is 4.90 Å². The van der Waals surface area contributed by atoms with Gasteiger partial charge in [0.05, 0.1) is 28.1 Å². The number of benzene rings is 4. The highest BCUT2D eigenvalue weighted by atomic mass is 32.2. The van der Waals surface area contributed by atoms with Gasteiger partial charge in [-0.2, -0.15) is 0 Å². The van der Waals surface area contributed by atoms with Crippen molar-refractivity contribution in [3.63, 3.8) is 0 Å². The molecular weight excluding hydrogens is 901 g/mol. The van der Waals surface area contributed by atoms with Crippen molar-refractivity contribution >= 4 is 40.8 Å². The number of carbonyl (C=O) groups is 1. The average Bonchev–Trinajstić information content (AvgIpc) is 3.36. The second-order valence-electron chi connectivity index (χ2n) is 17.5. The highest BCUT2D eigenvalue weighted by molar-refractivity contribution is 7.98. The molecule has 2 N–H and O–H groups in total. The van der Waals surface area contributed by atoms with Crippen LogP contribution in [0.15, 0.2) is 131 Å². The molecule has 0 saturated heterocycles. The van der Waals surface area contributed by atoms with Crippen LogP contribution in [0.5, 0.6) is 17.2 Å². The number of rotatable bonds is 24. The first-order chi connectivity index (χ1) is 33.5. The van der Waals surface area contributed by atoms with Crippen molar-refractivity contribution in [1.29, 1.82) is 0 Å². The lowest BCUT2D eigenvalue weighted by Crippen LogP contribution is -2.70. The molecule has 0 aromatic heterocycles. The molecule has 2 aliphatic carbocycles. The van der Waals surface area contributed by atoms with E-state index < -0.39 is 27.6 Å². The Labute approximate surface area is 406 Å². The van der Waals surface area contributed by atoms with E-state index in [0.29, 0.717) is 59.9 Å². The van der Waals surface area contributed by atoms with Crippen LogP contribution in [-0.4, -0.2) is 81.0 Å². The predicted molar refractivity (Wildman–Crippen MR) is 265 cm³/mol. The highest BCUT2D eigenvalue weighted by Gasteiger charge is 2.65. The number of aliphatic hydroxyl groups excluding tert-OH is 2. The number of ether oxygens (including phenoxy) is 3. The Kier molecular flexibility index (Phi) is 17.4. The van der Waals surface area contributed by atoms with Gasteiger partial charge in [0.1, 0.15) is 29.9 Å². The van der Waals surface area contributed by atoms with Gasteiger partial charge in [0.25, 0.3) is 11.4 Å². The summed E-state index contributed by atoms with van der Waals surface area (Å²) in [7, 11) is 0. The number of nitro benzene ring substituents is 2. The monoisotopic (exact) mass is 960 g/mol. The van der Waals surface area contributed by atoms with E-state index in [1.807, 2.05) is 55.6 Å². The zero-order valence-corrected chi connectivity index (χ0v) is 39.8. The minimum absolute atomic E-state index is 0.00682. The number of hydrogen-bond donors (Lipinski definition) is 2. The zero-order chi connectivity index (χ0) is 48.9. The largest absolute Gasteiger partial charge is 0.459 e. The first-order valence-electron chi connectivity index (χ1n) is 23.5. The first kappa shape index (κ1) is 50.5. The van der Waals surface area contributed by atoms with E-state index in [2.05, 4.69) is 12.7 Å². The number of nitro groups is 2. The first-order valence-corrected chi connectivity index (χ1v) is 24.7. The van der Waals surface area contributed by atoms with Gasteiger partial charge in [-0.1, -0.05) is 37.1 Å². The van der Waals surface area contributed by atoms with E-state index in [1.54, 1.807) is 53.1 Å². The lowest BCUT2D eigenvalue weighted by molar-refractivity contribution is -0.385. The fourth-order valence-electron chi connectivity index (χ4n) is 10.0. The third kappa shape index (κ3) is 11.8. The van der Waals surface area contributed by atoms with Crippen molar-refractivity contribution in [2.75, 3.05) is 32.6 Å². The maximum Gasteiger partial charge on any atom is 0.269 e. The van der Waals surface area contributed by atoms with E-state index >= 15 is 0 Å². The quantitative estimate of drug-likeness (QED) is 0.0169. The number of nitrogens with zero attached hydrogens (tertiary/aromatic N) is 4. The van der Waals surface area contributed by atoms with Crippen molar-refractivity contribution in [3.8, 4) is 17.2 Å².